The average molecular weight is 450 g/mol. The van der Waals surface area contributed by atoms with E-state index in [-0.39, 0.29) is 5.16 Å². The number of nitrogens with zero attached hydrogens (tertiary/aromatic N) is 1. The van der Waals surface area contributed by atoms with Crippen molar-refractivity contribution in [2.75, 3.05) is 4.44 Å². The number of rotatable bonds is 8. The largest absolute Gasteiger partial charge is 0.333 e. The second-order valence-corrected chi connectivity index (χ2v) is 13.1. The van der Waals surface area contributed by atoms with Crippen LogP contribution in [0, 0.1) is 20.8 Å². The summed E-state index contributed by atoms with van der Waals surface area (Å²) < 4.78 is 2.71. The van der Waals surface area contributed by atoms with Gasteiger partial charge >= 0.3 is 0 Å². The number of hydrogen-bond donors (Lipinski definition) is 0. The molecule has 3 heteroatoms. The third-order valence-electron chi connectivity index (χ3n) is 5.92. The van der Waals surface area contributed by atoms with E-state index < -0.39 is 0 Å². The molecule has 0 aliphatic rings. The SMILES string of the molecule is CCc1cccc(C)c1N(PC(C)c1cccc(C)c1)PC(C)(C)c1cccc(C)c1. The molecular formula is C28H37NP2. The minimum atomic E-state index is 0.0820. The average Bonchev–Trinajstić information content (AvgIpc) is 2.73. The molecule has 0 amide bonds. The van der Waals surface area contributed by atoms with E-state index in [1.165, 1.54) is 39.1 Å². The van der Waals surface area contributed by atoms with Crippen molar-refractivity contribution in [3.8, 4) is 0 Å². The first-order valence-electron chi connectivity index (χ1n) is 11.3. The molecule has 3 aromatic carbocycles. The third kappa shape index (κ3) is 5.97. The molecule has 0 saturated carbocycles. The van der Waals surface area contributed by atoms with Gasteiger partial charge in [-0.05, 0) is 66.9 Å². The second kappa shape index (κ2) is 10.3. The number of hydrogen-bond acceptors (Lipinski definition) is 1. The van der Waals surface area contributed by atoms with Gasteiger partial charge in [0.05, 0.1) is 0 Å². The first kappa shape index (κ1) is 24.0. The Bertz CT molecular complexity index is 1030. The zero-order valence-electron chi connectivity index (χ0n) is 20.1. The van der Waals surface area contributed by atoms with Crippen LogP contribution in [0.25, 0.3) is 0 Å². The Balaban J connectivity index is 2.00. The highest BCUT2D eigenvalue weighted by Crippen LogP contribution is 2.55. The minimum Gasteiger partial charge on any atom is -0.333 e. The number of benzene rings is 3. The number of anilines is 1. The second-order valence-electron chi connectivity index (χ2n) is 9.14. The molecule has 3 atom stereocenters. The summed E-state index contributed by atoms with van der Waals surface area (Å²) in [5.41, 5.74) is 10.3. The van der Waals surface area contributed by atoms with Crippen LogP contribution in [0.3, 0.4) is 0 Å². The monoisotopic (exact) mass is 449 g/mol. The molecule has 0 N–H and O–H groups in total. The molecule has 0 spiro atoms. The fraction of sp³-hybridized carbons (Fsp3) is 0.357. The van der Waals surface area contributed by atoms with Crippen LogP contribution >= 0.6 is 17.5 Å². The minimum absolute atomic E-state index is 0.0820. The van der Waals surface area contributed by atoms with Crippen molar-refractivity contribution in [2.45, 2.75) is 65.7 Å². The standard InChI is InChI=1S/C28H37NP2/c1-8-24-15-11-14-22(4)27(24)29(30-23(5)25-16-9-12-20(2)18-25)31-28(6,7)26-17-10-13-21(3)19-26/h9-19,23,30-31H,8H2,1-7H3. The Kier molecular flexibility index (Phi) is 7.96. The lowest BCUT2D eigenvalue weighted by Gasteiger charge is -2.38. The lowest BCUT2D eigenvalue weighted by atomic mass is 10.0. The van der Waals surface area contributed by atoms with Gasteiger partial charge in [0.15, 0.2) is 0 Å². The number of para-hydroxylation sites is 1. The Morgan fingerprint density at radius 1 is 0.871 bits per heavy atom. The van der Waals surface area contributed by atoms with Crippen LogP contribution in [-0.4, -0.2) is 0 Å². The van der Waals surface area contributed by atoms with Crippen LogP contribution < -0.4 is 4.44 Å². The van der Waals surface area contributed by atoms with Gasteiger partial charge in [-0.1, -0.05) is 106 Å². The van der Waals surface area contributed by atoms with Crippen LogP contribution in [0.15, 0.2) is 66.7 Å². The van der Waals surface area contributed by atoms with Gasteiger partial charge in [-0.25, -0.2) is 0 Å². The van der Waals surface area contributed by atoms with E-state index in [0.717, 1.165) is 6.42 Å². The fourth-order valence-corrected chi connectivity index (χ4v) is 8.18. The Morgan fingerprint density at radius 3 is 2.16 bits per heavy atom. The molecule has 3 unspecified atom stereocenters. The first-order chi connectivity index (χ1) is 14.7. The van der Waals surface area contributed by atoms with Crippen LogP contribution in [0.1, 0.15) is 66.7 Å². The molecule has 3 rings (SSSR count). The smallest absolute Gasteiger partial charge is 0.0490 e. The summed E-state index contributed by atoms with van der Waals surface area (Å²) in [5, 5.41) is 0.0820. The lowest BCUT2D eigenvalue weighted by Crippen LogP contribution is -2.18. The van der Waals surface area contributed by atoms with E-state index in [2.05, 4.69) is 120 Å². The summed E-state index contributed by atoms with van der Waals surface area (Å²) in [6.45, 7) is 16.1. The molecule has 1 nitrogen and oxygen atoms in total. The van der Waals surface area contributed by atoms with E-state index in [1.54, 1.807) is 0 Å². The molecule has 31 heavy (non-hydrogen) atoms. The van der Waals surface area contributed by atoms with Crippen molar-refractivity contribution in [3.63, 3.8) is 0 Å². The van der Waals surface area contributed by atoms with E-state index in [9.17, 15) is 0 Å². The van der Waals surface area contributed by atoms with Crippen molar-refractivity contribution >= 4 is 23.2 Å². The molecular weight excluding hydrogens is 412 g/mol. The summed E-state index contributed by atoms with van der Waals surface area (Å²) in [7, 11) is 1.38. The zero-order chi connectivity index (χ0) is 22.6. The molecule has 0 aliphatic heterocycles. The van der Waals surface area contributed by atoms with E-state index >= 15 is 0 Å². The van der Waals surface area contributed by atoms with Crippen molar-refractivity contribution in [1.29, 1.82) is 0 Å². The Morgan fingerprint density at radius 2 is 1.52 bits per heavy atom. The first-order valence-corrected chi connectivity index (χ1v) is 13.2. The quantitative estimate of drug-likeness (QED) is 0.310. The Hall–Kier alpha value is -1.68. The molecule has 0 aliphatic carbocycles. The van der Waals surface area contributed by atoms with Gasteiger partial charge in [0, 0.05) is 16.5 Å². The molecule has 0 radical (unpaired) electrons. The van der Waals surface area contributed by atoms with E-state index in [1.807, 2.05) is 0 Å². The lowest BCUT2D eigenvalue weighted by molar-refractivity contribution is 0.771. The van der Waals surface area contributed by atoms with Crippen molar-refractivity contribution in [3.05, 3.63) is 100 Å². The topological polar surface area (TPSA) is 3.24 Å². The van der Waals surface area contributed by atoms with Gasteiger partial charge in [0.25, 0.3) is 0 Å². The van der Waals surface area contributed by atoms with Crippen LogP contribution in [-0.2, 0) is 11.6 Å². The molecule has 0 saturated heterocycles. The summed E-state index contributed by atoms with van der Waals surface area (Å²) in [6, 6.07) is 24.9. The fourth-order valence-electron chi connectivity index (χ4n) is 4.06. The molecule has 164 valence electrons. The molecule has 0 bridgehead atoms. The normalized spacial score (nSPS) is 13.4. The van der Waals surface area contributed by atoms with Gasteiger partial charge < -0.3 is 4.44 Å². The molecule has 3 aromatic rings. The maximum absolute atomic E-state index is 2.71. The predicted octanol–water partition coefficient (Wildman–Crippen LogP) is 8.86. The summed E-state index contributed by atoms with van der Waals surface area (Å²) >= 11 is 0. The van der Waals surface area contributed by atoms with Crippen molar-refractivity contribution in [2.24, 2.45) is 0 Å². The summed E-state index contributed by atoms with van der Waals surface area (Å²) in [6.07, 6.45) is 1.06. The van der Waals surface area contributed by atoms with Gasteiger partial charge in [-0.2, -0.15) is 0 Å². The van der Waals surface area contributed by atoms with Gasteiger partial charge in [-0.15, -0.1) is 0 Å². The van der Waals surface area contributed by atoms with Crippen LogP contribution in [0.2, 0.25) is 0 Å². The van der Waals surface area contributed by atoms with Crippen molar-refractivity contribution < 1.29 is 0 Å². The third-order valence-corrected chi connectivity index (χ3v) is 9.14. The van der Waals surface area contributed by atoms with Crippen molar-refractivity contribution in [1.82, 2.24) is 0 Å². The van der Waals surface area contributed by atoms with Gasteiger partial charge in [-0.3, -0.25) is 0 Å². The van der Waals surface area contributed by atoms with Gasteiger partial charge in [0.1, 0.15) is 0 Å². The highest BCUT2D eigenvalue weighted by molar-refractivity contribution is 7.60. The van der Waals surface area contributed by atoms with Crippen LogP contribution in [0.4, 0.5) is 5.69 Å². The summed E-state index contributed by atoms with van der Waals surface area (Å²) in [4.78, 5) is 0. The highest BCUT2D eigenvalue weighted by atomic mass is 31.1. The Labute approximate surface area is 193 Å². The number of aryl methyl sites for hydroxylation is 4. The van der Waals surface area contributed by atoms with Gasteiger partial charge in [0.2, 0.25) is 0 Å². The molecule has 0 fully saturated rings. The zero-order valence-corrected chi connectivity index (χ0v) is 22.1. The maximum atomic E-state index is 2.71. The predicted molar refractivity (Wildman–Crippen MR) is 143 cm³/mol. The van der Waals surface area contributed by atoms with E-state index in [0.29, 0.717) is 23.1 Å². The van der Waals surface area contributed by atoms with Crippen LogP contribution in [0.5, 0.6) is 0 Å². The van der Waals surface area contributed by atoms with E-state index in [4.69, 9.17) is 0 Å². The summed E-state index contributed by atoms with van der Waals surface area (Å²) in [5.74, 6) is 0. The maximum Gasteiger partial charge on any atom is 0.0490 e. The molecule has 0 aromatic heterocycles. The molecule has 0 heterocycles. The highest BCUT2D eigenvalue weighted by Gasteiger charge is 2.27.